The van der Waals surface area contributed by atoms with Gasteiger partial charge in [-0.1, -0.05) is 72.3 Å². The fourth-order valence-corrected chi connectivity index (χ4v) is 3.31. The van der Waals surface area contributed by atoms with Crippen molar-refractivity contribution in [1.29, 1.82) is 0 Å². The summed E-state index contributed by atoms with van der Waals surface area (Å²) >= 11 is 6.08. The summed E-state index contributed by atoms with van der Waals surface area (Å²) < 4.78 is 44.6. The number of hydrogen-bond acceptors (Lipinski definition) is 4. The number of esters is 1. The van der Waals surface area contributed by atoms with Gasteiger partial charge < -0.3 is 9.64 Å². The lowest BCUT2D eigenvalue weighted by molar-refractivity contribution is -0.138. The fourth-order valence-electron chi connectivity index (χ4n) is 3.15. The van der Waals surface area contributed by atoms with Crippen molar-refractivity contribution in [2.75, 3.05) is 12.0 Å². The van der Waals surface area contributed by atoms with Crippen molar-refractivity contribution in [1.82, 2.24) is 4.90 Å². The third kappa shape index (κ3) is 6.99. The van der Waals surface area contributed by atoms with Crippen LogP contribution in [0.2, 0.25) is 5.02 Å². The summed E-state index contributed by atoms with van der Waals surface area (Å²) in [5.74, 6) is -0.812. The van der Waals surface area contributed by atoms with Gasteiger partial charge in [-0.2, -0.15) is 13.2 Å². The molecule has 0 unspecified atom stereocenters. The summed E-state index contributed by atoms with van der Waals surface area (Å²) in [6, 6.07) is 21.7. The minimum atomic E-state index is -4.55. The van der Waals surface area contributed by atoms with Crippen molar-refractivity contribution in [3.8, 4) is 0 Å². The topological polar surface area (TPSA) is 53.9 Å². The minimum absolute atomic E-state index is 0.0256. The summed E-state index contributed by atoms with van der Waals surface area (Å²) in [7, 11) is 0. The molecule has 0 radical (unpaired) electrons. The largest absolute Gasteiger partial charge is 0.460 e. The van der Waals surface area contributed by atoms with Crippen molar-refractivity contribution in [2.45, 2.75) is 26.2 Å². The molecule has 0 aromatic heterocycles. The average molecular weight is 490 g/mol. The molecule has 5 nitrogen and oxygen atoms in total. The van der Waals surface area contributed by atoms with Crippen molar-refractivity contribution in [3.63, 3.8) is 0 Å². The maximum Gasteiger partial charge on any atom is 0.416 e. The molecule has 0 atom stereocenters. The molecule has 1 N–H and O–H groups in total. The van der Waals surface area contributed by atoms with E-state index in [0.29, 0.717) is 13.1 Å². The normalized spacial score (nSPS) is 11.7. The lowest BCUT2D eigenvalue weighted by Crippen LogP contribution is -2.37. The zero-order valence-electron chi connectivity index (χ0n) is 18.3. The molecule has 34 heavy (non-hydrogen) atoms. The molecule has 178 valence electrons. The number of carbonyl (C=O) groups is 1. The molecule has 0 spiro atoms. The molecule has 0 fully saturated rings. The van der Waals surface area contributed by atoms with E-state index in [1.807, 2.05) is 60.7 Å². The van der Waals surface area contributed by atoms with Gasteiger partial charge in [-0.3, -0.25) is 5.43 Å². The monoisotopic (exact) mass is 489 g/mol. The van der Waals surface area contributed by atoms with E-state index in [-0.39, 0.29) is 23.2 Å². The van der Waals surface area contributed by atoms with Crippen LogP contribution in [0.5, 0.6) is 0 Å². The Hall–Kier alpha value is -3.52. The van der Waals surface area contributed by atoms with Crippen LogP contribution < -0.4 is 5.43 Å². The molecule has 0 heterocycles. The molecule has 9 heteroatoms. The fraction of sp³-hybridized carbons (Fsp3) is 0.200. The first kappa shape index (κ1) is 25.1. The Morgan fingerprint density at radius 3 is 2.03 bits per heavy atom. The zero-order chi connectivity index (χ0) is 24.6. The summed E-state index contributed by atoms with van der Waals surface area (Å²) in [6.07, 6.45) is -4.55. The summed E-state index contributed by atoms with van der Waals surface area (Å²) in [4.78, 5) is 14.5. The number of anilines is 1. The van der Waals surface area contributed by atoms with Gasteiger partial charge in [-0.25, -0.2) is 4.79 Å². The van der Waals surface area contributed by atoms with Gasteiger partial charge >= 0.3 is 12.1 Å². The van der Waals surface area contributed by atoms with Crippen molar-refractivity contribution in [3.05, 3.63) is 101 Å². The van der Waals surface area contributed by atoms with Gasteiger partial charge in [0.25, 0.3) is 0 Å². The first-order valence-electron chi connectivity index (χ1n) is 10.5. The first-order chi connectivity index (χ1) is 16.3. The number of alkyl halides is 3. The van der Waals surface area contributed by atoms with Gasteiger partial charge in [-0.15, -0.1) is 5.10 Å². The van der Waals surface area contributed by atoms with Gasteiger partial charge in [0, 0.05) is 13.1 Å². The molecule has 0 aliphatic rings. The number of amidine groups is 1. The second kappa shape index (κ2) is 11.6. The Balaban J connectivity index is 1.99. The molecule has 3 rings (SSSR count). The molecule has 0 bridgehead atoms. The second-order valence-corrected chi connectivity index (χ2v) is 7.69. The molecule has 3 aromatic carbocycles. The highest BCUT2D eigenvalue weighted by atomic mass is 35.5. The van der Waals surface area contributed by atoms with E-state index >= 15 is 0 Å². The number of rotatable bonds is 7. The van der Waals surface area contributed by atoms with E-state index in [1.165, 1.54) is 0 Å². The van der Waals surface area contributed by atoms with Gasteiger partial charge in [0.15, 0.2) is 0 Å². The smallest absolute Gasteiger partial charge is 0.416 e. The van der Waals surface area contributed by atoms with Gasteiger partial charge in [0.05, 0.1) is 22.9 Å². The van der Waals surface area contributed by atoms with E-state index in [4.69, 9.17) is 16.3 Å². The summed E-state index contributed by atoms with van der Waals surface area (Å²) in [5.41, 5.74) is 3.37. The SMILES string of the molecule is CCOC(=O)C(=NNc1cc(C(F)(F)F)ccc1Cl)N(Cc1ccccc1)Cc1ccccc1. The Morgan fingerprint density at radius 2 is 1.53 bits per heavy atom. The number of halogens is 4. The minimum Gasteiger partial charge on any atom is -0.460 e. The Morgan fingerprint density at radius 1 is 0.971 bits per heavy atom. The average Bonchev–Trinajstić information content (AvgIpc) is 2.81. The molecule has 0 aliphatic carbocycles. The van der Waals surface area contributed by atoms with Crippen LogP contribution in [0.25, 0.3) is 0 Å². The summed E-state index contributed by atoms with van der Waals surface area (Å²) in [5, 5.41) is 4.18. The van der Waals surface area contributed by atoms with Crippen molar-refractivity contribution < 1.29 is 22.7 Å². The Kier molecular flexibility index (Phi) is 8.54. The molecule has 0 saturated heterocycles. The highest BCUT2D eigenvalue weighted by Crippen LogP contribution is 2.33. The molecule has 0 amide bonds. The van der Waals surface area contributed by atoms with Gasteiger partial charge in [0.1, 0.15) is 0 Å². The first-order valence-corrected chi connectivity index (χ1v) is 10.9. The number of nitrogens with zero attached hydrogens (tertiary/aromatic N) is 2. The number of nitrogens with one attached hydrogen (secondary N) is 1. The molecule has 0 saturated carbocycles. The molecular formula is C25H23ClF3N3O2. The van der Waals surface area contributed by atoms with Crippen LogP contribution in [0, 0.1) is 0 Å². The lowest BCUT2D eigenvalue weighted by atomic mass is 10.1. The highest BCUT2D eigenvalue weighted by molar-refractivity contribution is 6.35. The maximum atomic E-state index is 13.2. The second-order valence-electron chi connectivity index (χ2n) is 7.29. The molecule has 0 aliphatic heterocycles. The van der Waals surface area contributed by atoms with Crippen molar-refractivity contribution >= 4 is 29.1 Å². The third-order valence-electron chi connectivity index (χ3n) is 4.77. The third-order valence-corrected chi connectivity index (χ3v) is 5.10. The van der Waals surface area contributed by atoms with E-state index in [2.05, 4.69) is 10.5 Å². The molecule has 3 aromatic rings. The van der Waals surface area contributed by atoms with Crippen LogP contribution in [0.1, 0.15) is 23.6 Å². The maximum absolute atomic E-state index is 13.2. The van der Waals surface area contributed by atoms with Gasteiger partial charge in [0.2, 0.25) is 5.84 Å². The van der Waals surface area contributed by atoms with Crippen LogP contribution in [0.3, 0.4) is 0 Å². The van der Waals surface area contributed by atoms with E-state index < -0.39 is 17.7 Å². The zero-order valence-corrected chi connectivity index (χ0v) is 19.1. The number of ether oxygens (including phenoxy) is 1. The highest BCUT2D eigenvalue weighted by Gasteiger charge is 2.31. The Labute approximate surface area is 200 Å². The lowest BCUT2D eigenvalue weighted by Gasteiger charge is -2.25. The quantitative estimate of drug-likeness (QED) is 0.182. The van der Waals surface area contributed by atoms with Crippen LogP contribution in [-0.2, 0) is 28.8 Å². The predicted molar refractivity (Wildman–Crippen MR) is 126 cm³/mol. The van der Waals surface area contributed by atoms with E-state index in [0.717, 1.165) is 29.3 Å². The predicted octanol–water partition coefficient (Wildman–Crippen LogP) is 6.35. The van der Waals surface area contributed by atoms with Crippen LogP contribution >= 0.6 is 11.6 Å². The number of benzene rings is 3. The van der Waals surface area contributed by atoms with E-state index in [1.54, 1.807) is 11.8 Å². The number of carbonyl (C=O) groups excluding carboxylic acids is 1. The standard InChI is InChI=1S/C25H23ClF3N3O2/c1-2-34-24(33)23(31-30-22-15-20(25(27,28)29)13-14-21(22)26)32(16-18-9-5-3-6-10-18)17-19-11-7-4-8-12-19/h3-15,30H,2,16-17H2,1H3. The van der Waals surface area contributed by atoms with Crippen LogP contribution in [0.4, 0.5) is 18.9 Å². The molecular weight excluding hydrogens is 467 g/mol. The van der Waals surface area contributed by atoms with Crippen LogP contribution in [-0.4, -0.2) is 23.3 Å². The van der Waals surface area contributed by atoms with Gasteiger partial charge in [-0.05, 0) is 36.2 Å². The summed E-state index contributed by atoms with van der Waals surface area (Å²) in [6.45, 7) is 2.38. The number of hydrogen-bond donors (Lipinski definition) is 1. The van der Waals surface area contributed by atoms with E-state index in [9.17, 15) is 18.0 Å². The van der Waals surface area contributed by atoms with Crippen molar-refractivity contribution in [2.24, 2.45) is 5.10 Å². The van der Waals surface area contributed by atoms with Crippen LogP contribution in [0.15, 0.2) is 84.0 Å². The number of hydrazone groups is 1. The Bertz CT molecular complexity index is 1080.